The molecule has 0 rings (SSSR count). The number of hydrogen-bond acceptors (Lipinski definition) is 1. The monoisotopic (exact) mass is 272 g/mol. The van der Waals surface area contributed by atoms with Crippen LogP contribution >= 0.6 is 11.6 Å². The summed E-state index contributed by atoms with van der Waals surface area (Å²) >= 11 is 5.82. The number of unbranched alkanes of at least 4 members (excludes halogenated alkanes) is 9. The third kappa shape index (κ3) is 10.8. The topological polar surface area (TPSA) is 17.1 Å². The van der Waals surface area contributed by atoms with Crippen LogP contribution in [0.5, 0.6) is 0 Å². The summed E-state index contributed by atoms with van der Waals surface area (Å²) in [5.41, 5.74) is 0.774. The first-order valence-corrected chi connectivity index (χ1v) is 7.90. The van der Waals surface area contributed by atoms with Crippen LogP contribution in [-0.4, -0.2) is 6.29 Å². The molecule has 0 aliphatic rings. The zero-order valence-corrected chi connectivity index (χ0v) is 12.9. The van der Waals surface area contributed by atoms with Crippen molar-refractivity contribution >= 4 is 17.9 Å². The lowest BCUT2D eigenvalue weighted by Gasteiger charge is -2.03. The number of aldehydes is 1. The van der Waals surface area contributed by atoms with Gasteiger partial charge >= 0.3 is 0 Å². The zero-order chi connectivity index (χ0) is 13.6. The highest BCUT2D eigenvalue weighted by Gasteiger charge is 1.99. The molecule has 0 aromatic rings. The van der Waals surface area contributed by atoms with E-state index in [-0.39, 0.29) is 0 Å². The van der Waals surface area contributed by atoms with E-state index in [2.05, 4.69) is 6.92 Å². The summed E-state index contributed by atoms with van der Waals surface area (Å²) in [6, 6.07) is 0. The zero-order valence-electron chi connectivity index (χ0n) is 12.1. The Labute approximate surface area is 118 Å². The van der Waals surface area contributed by atoms with Crippen molar-refractivity contribution in [2.45, 2.75) is 84.5 Å². The fourth-order valence-electron chi connectivity index (χ4n) is 2.12. The molecule has 0 saturated carbocycles. The van der Waals surface area contributed by atoms with Gasteiger partial charge in [-0.15, -0.1) is 0 Å². The van der Waals surface area contributed by atoms with Gasteiger partial charge in [0.2, 0.25) is 0 Å². The molecule has 0 bridgehead atoms. The van der Waals surface area contributed by atoms with Gasteiger partial charge in [0.05, 0.1) is 0 Å². The Morgan fingerprint density at radius 1 is 0.889 bits per heavy atom. The second-order valence-corrected chi connectivity index (χ2v) is 5.68. The van der Waals surface area contributed by atoms with Crippen LogP contribution in [0.1, 0.15) is 84.5 Å². The minimum Gasteiger partial charge on any atom is -0.298 e. The van der Waals surface area contributed by atoms with E-state index in [0.29, 0.717) is 5.03 Å². The van der Waals surface area contributed by atoms with E-state index in [1.54, 1.807) is 6.92 Å². The molecule has 0 amide bonds. The number of halogens is 1. The number of carbonyl (C=O) groups is 1. The van der Waals surface area contributed by atoms with Gasteiger partial charge in [0.25, 0.3) is 0 Å². The first kappa shape index (κ1) is 17.7. The highest BCUT2D eigenvalue weighted by Crippen LogP contribution is 2.16. The van der Waals surface area contributed by atoms with E-state index in [1.165, 1.54) is 57.8 Å². The Kier molecular flexibility index (Phi) is 12.9. The van der Waals surface area contributed by atoms with Gasteiger partial charge in [-0.3, -0.25) is 4.79 Å². The minimum atomic E-state index is 0.654. The molecule has 0 aromatic carbocycles. The molecule has 0 unspecified atom stereocenters. The van der Waals surface area contributed by atoms with Crippen LogP contribution in [0.4, 0.5) is 0 Å². The second kappa shape index (κ2) is 13.1. The predicted octanol–water partition coefficient (Wildman–Crippen LogP) is 6.01. The van der Waals surface area contributed by atoms with Crippen molar-refractivity contribution in [1.29, 1.82) is 0 Å². The molecule has 106 valence electrons. The van der Waals surface area contributed by atoms with Crippen molar-refractivity contribution in [3.8, 4) is 0 Å². The Morgan fingerprint density at radius 2 is 1.33 bits per heavy atom. The van der Waals surface area contributed by atoms with Crippen molar-refractivity contribution in [2.24, 2.45) is 0 Å². The molecule has 0 saturated heterocycles. The molecule has 0 N–H and O–H groups in total. The van der Waals surface area contributed by atoms with Crippen LogP contribution in [0.25, 0.3) is 0 Å². The standard InChI is InChI=1S/C16H29ClO/c1-3-4-5-6-7-8-9-10-11-12-13-16(14-18)15(2)17/h14H,3-13H2,1-2H3. The van der Waals surface area contributed by atoms with Crippen molar-refractivity contribution in [3.63, 3.8) is 0 Å². The maximum absolute atomic E-state index is 10.7. The third-order valence-corrected chi connectivity index (χ3v) is 3.63. The summed E-state index contributed by atoms with van der Waals surface area (Å²) in [5, 5.41) is 0.654. The number of allylic oxidation sites excluding steroid dienone is 2. The first-order chi connectivity index (χ1) is 8.72. The van der Waals surface area contributed by atoms with Crippen LogP contribution in [0.3, 0.4) is 0 Å². The molecule has 1 nitrogen and oxygen atoms in total. The van der Waals surface area contributed by atoms with Crippen LogP contribution in [0.15, 0.2) is 10.6 Å². The Balaban J connectivity index is 3.26. The van der Waals surface area contributed by atoms with E-state index >= 15 is 0 Å². The average Bonchev–Trinajstić information content (AvgIpc) is 2.35. The van der Waals surface area contributed by atoms with Crippen LogP contribution in [0.2, 0.25) is 0 Å². The van der Waals surface area contributed by atoms with Gasteiger partial charge < -0.3 is 0 Å². The lowest BCUT2D eigenvalue weighted by molar-refractivity contribution is -0.105. The number of carbonyl (C=O) groups excluding carboxylic acids is 1. The second-order valence-electron chi connectivity index (χ2n) is 5.11. The van der Waals surface area contributed by atoms with Gasteiger partial charge in [-0.05, 0) is 19.8 Å². The molecule has 0 aliphatic carbocycles. The highest BCUT2D eigenvalue weighted by atomic mass is 35.5. The van der Waals surface area contributed by atoms with Gasteiger partial charge in [0, 0.05) is 10.6 Å². The van der Waals surface area contributed by atoms with Gasteiger partial charge in [0.15, 0.2) is 0 Å². The lowest BCUT2D eigenvalue weighted by Crippen LogP contribution is -1.88. The molecule has 0 aromatic heterocycles. The van der Waals surface area contributed by atoms with E-state index in [9.17, 15) is 4.79 Å². The molecule has 0 fully saturated rings. The highest BCUT2D eigenvalue weighted by molar-refractivity contribution is 6.30. The molecule has 0 aliphatic heterocycles. The van der Waals surface area contributed by atoms with Crippen molar-refractivity contribution in [2.75, 3.05) is 0 Å². The lowest BCUT2D eigenvalue weighted by atomic mass is 10.0. The normalized spacial score (nSPS) is 12.4. The molecule has 0 spiro atoms. The maximum atomic E-state index is 10.7. The van der Waals surface area contributed by atoms with Gasteiger partial charge in [-0.1, -0.05) is 76.3 Å². The Hall–Kier alpha value is -0.300. The smallest absolute Gasteiger partial charge is 0.147 e. The fourth-order valence-corrected chi connectivity index (χ4v) is 2.25. The average molecular weight is 273 g/mol. The van der Waals surface area contributed by atoms with Crippen molar-refractivity contribution < 1.29 is 4.79 Å². The first-order valence-electron chi connectivity index (χ1n) is 7.52. The molecule has 0 atom stereocenters. The van der Waals surface area contributed by atoms with Crippen molar-refractivity contribution in [3.05, 3.63) is 10.6 Å². The fraction of sp³-hybridized carbons (Fsp3) is 0.812. The summed E-state index contributed by atoms with van der Waals surface area (Å²) in [7, 11) is 0. The van der Waals surface area contributed by atoms with Crippen molar-refractivity contribution in [1.82, 2.24) is 0 Å². The largest absolute Gasteiger partial charge is 0.298 e. The van der Waals surface area contributed by atoms with Gasteiger partial charge in [-0.25, -0.2) is 0 Å². The maximum Gasteiger partial charge on any atom is 0.147 e. The van der Waals surface area contributed by atoms with E-state index in [0.717, 1.165) is 24.7 Å². The molecule has 0 radical (unpaired) electrons. The molecule has 2 heteroatoms. The minimum absolute atomic E-state index is 0.654. The van der Waals surface area contributed by atoms with Crippen LogP contribution in [0, 0.1) is 0 Å². The molecular weight excluding hydrogens is 244 g/mol. The predicted molar refractivity (Wildman–Crippen MR) is 81.1 cm³/mol. The van der Waals surface area contributed by atoms with E-state index in [1.807, 2.05) is 0 Å². The Morgan fingerprint density at radius 3 is 1.72 bits per heavy atom. The number of hydrogen-bond donors (Lipinski definition) is 0. The number of rotatable bonds is 12. The van der Waals surface area contributed by atoms with E-state index in [4.69, 9.17) is 11.6 Å². The van der Waals surface area contributed by atoms with Gasteiger partial charge in [-0.2, -0.15) is 0 Å². The van der Waals surface area contributed by atoms with E-state index < -0.39 is 0 Å². The molecule has 18 heavy (non-hydrogen) atoms. The summed E-state index contributed by atoms with van der Waals surface area (Å²) in [6.45, 7) is 4.05. The molecule has 0 heterocycles. The molecular formula is C16H29ClO. The summed E-state index contributed by atoms with van der Waals surface area (Å²) in [4.78, 5) is 10.7. The summed E-state index contributed by atoms with van der Waals surface area (Å²) in [6.07, 6.45) is 15.0. The van der Waals surface area contributed by atoms with Crippen LogP contribution < -0.4 is 0 Å². The SMILES string of the molecule is CCCCCCCCCCCCC(C=O)=C(C)Cl. The summed E-state index contributed by atoms with van der Waals surface area (Å²) < 4.78 is 0. The third-order valence-electron chi connectivity index (χ3n) is 3.38. The van der Waals surface area contributed by atoms with Crippen LogP contribution in [-0.2, 0) is 4.79 Å². The quantitative estimate of drug-likeness (QED) is 0.242. The van der Waals surface area contributed by atoms with Gasteiger partial charge in [0.1, 0.15) is 6.29 Å². The summed E-state index contributed by atoms with van der Waals surface area (Å²) in [5.74, 6) is 0. The Bertz CT molecular complexity index is 229.